The molecule has 1 aliphatic heterocycles. The third-order valence-corrected chi connectivity index (χ3v) is 2.98. The van der Waals surface area contributed by atoms with E-state index in [9.17, 15) is 4.39 Å². The van der Waals surface area contributed by atoms with E-state index in [4.69, 9.17) is 10.00 Å². The second-order valence-electron chi connectivity index (χ2n) is 4.57. The quantitative estimate of drug-likeness (QED) is 0.673. The van der Waals surface area contributed by atoms with Crippen molar-refractivity contribution in [3.63, 3.8) is 0 Å². The van der Waals surface area contributed by atoms with Crippen LogP contribution in [0.25, 0.3) is 0 Å². The van der Waals surface area contributed by atoms with Crippen LogP contribution < -0.4 is 9.64 Å². The van der Waals surface area contributed by atoms with Crippen molar-refractivity contribution < 1.29 is 9.13 Å². The Balaban J connectivity index is 2.63. The summed E-state index contributed by atoms with van der Waals surface area (Å²) in [6.45, 7) is 4.51. The Bertz CT molecular complexity index is 477. The van der Waals surface area contributed by atoms with Crippen LogP contribution in [-0.2, 0) is 0 Å². The molecule has 0 amide bonds. The first kappa shape index (κ1) is 10.7. The van der Waals surface area contributed by atoms with E-state index in [1.165, 1.54) is 12.1 Å². The molecule has 1 heterocycles. The number of benzene rings is 1. The molecule has 3 nitrogen and oxygen atoms in total. The van der Waals surface area contributed by atoms with E-state index in [-0.39, 0.29) is 5.54 Å². The molecule has 0 spiro atoms. The van der Waals surface area contributed by atoms with Crippen LogP contribution >= 0.6 is 0 Å². The number of nitriles is 1. The molecule has 0 unspecified atom stereocenters. The van der Waals surface area contributed by atoms with E-state index in [1.807, 2.05) is 31.9 Å². The Kier molecular flexibility index (Phi) is 2.27. The maximum absolute atomic E-state index is 13.2. The topological polar surface area (TPSA) is 36.3 Å². The number of rotatable bonds is 0. The molecular formula is C12H13FN2O. The molecule has 0 bridgehead atoms. The summed E-state index contributed by atoms with van der Waals surface area (Å²) >= 11 is 0. The molecular weight excluding hydrogens is 207 g/mol. The average Bonchev–Trinajstić information content (AvgIpc) is 2.23. The van der Waals surface area contributed by atoms with E-state index < -0.39 is 5.82 Å². The van der Waals surface area contributed by atoms with Crippen LogP contribution in [0.4, 0.5) is 10.1 Å². The summed E-state index contributed by atoms with van der Waals surface area (Å²) in [5, 5.41) is 9.01. The van der Waals surface area contributed by atoms with Gasteiger partial charge in [-0.05, 0) is 19.9 Å². The zero-order valence-corrected chi connectivity index (χ0v) is 9.54. The lowest BCUT2D eigenvalue weighted by molar-refractivity contribution is 0.217. The van der Waals surface area contributed by atoms with E-state index in [0.29, 0.717) is 23.6 Å². The number of halogens is 1. The predicted octanol–water partition coefficient (Wildman–Crippen LogP) is 2.30. The van der Waals surface area contributed by atoms with E-state index >= 15 is 0 Å². The summed E-state index contributed by atoms with van der Waals surface area (Å²) in [6.07, 6.45) is 0. The maximum atomic E-state index is 13.2. The van der Waals surface area contributed by atoms with Crippen LogP contribution in [0.5, 0.6) is 5.75 Å². The Labute approximate surface area is 94.0 Å². The molecule has 0 aliphatic carbocycles. The van der Waals surface area contributed by atoms with Gasteiger partial charge in [0, 0.05) is 13.1 Å². The number of anilines is 1. The highest BCUT2D eigenvalue weighted by atomic mass is 19.1. The third kappa shape index (κ3) is 1.49. The molecule has 16 heavy (non-hydrogen) atoms. The zero-order valence-electron chi connectivity index (χ0n) is 9.54. The first-order valence-corrected chi connectivity index (χ1v) is 5.06. The summed E-state index contributed by atoms with van der Waals surface area (Å²) in [5.41, 5.74) is 0.779. The molecule has 0 radical (unpaired) electrons. The van der Waals surface area contributed by atoms with Crippen molar-refractivity contribution in [3.8, 4) is 11.8 Å². The first-order valence-electron chi connectivity index (χ1n) is 5.06. The fraction of sp³-hybridized carbons (Fsp3) is 0.417. The van der Waals surface area contributed by atoms with Crippen molar-refractivity contribution >= 4 is 5.69 Å². The SMILES string of the molecule is CN1c2c(C#N)cc(F)cc2OCC1(C)C. The van der Waals surface area contributed by atoms with Crippen molar-refractivity contribution in [1.82, 2.24) is 0 Å². The monoisotopic (exact) mass is 220 g/mol. The number of hydrogen-bond acceptors (Lipinski definition) is 3. The van der Waals surface area contributed by atoms with Gasteiger partial charge in [-0.15, -0.1) is 0 Å². The Morgan fingerprint density at radius 3 is 2.81 bits per heavy atom. The smallest absolute Gasteiger partial charge is 0.147 e. The van der Waals surface area contributed by atoms with Crippen molar-refractivity contribution in [2.24, 2.45) is 0 Å². The van der Waals surface area contributed by atoms with Crippen molar-refractivity contribution in [1.29, 1.82) is 5.26 Å². The van der Waals surface area contributed by atoms with Crippen molar-refractivity contribution in [2.45, 2.75) is 19.4 Å². The predicted molar refractivity (Wildman–Crippen MR) is 59.1 cm³/mol. The summed E-state index contributed by atoms with van der Waals surface area (Å²) in [5.74, 6) is 0.00165. The van der Waals surface area contributed by atoms with Crippen LogP contribution in [0, 0.1) is 17.1 Å². The largest absolute Gasteiger partial charge is 0.489 e. The molecule has 1 aromatic carbocycles. The molecule has 84 valence electrons. The van der Waals surface area contributed by atoms with Crippen LogP contribution in [0.3, 0.4) is 0 Å². The fourth-order valence-electron chi connectivity index (χ4n) is 1.77. The highest BCUT2D eigenvalue weighted by Gasteiger charge is 2.33. The second-order valence-corrected chi connectivity index (χ2v) is 4.57. The number of fused-ring (bicyclic) bond motifs is 1. The minimum absolute atomic E-state index is 0.198. The standard InChI is InChI=1S/C12H13FN2O/c1-12(2)7-16-10-5-9(13)4-8(6-14)11(10)15(12)3/h4-5H,7H2,1-3H3. The van der Waals surface area contributed by atoms with Crippen LogP contribution in [0.15, 0.2) is 12.1 Å². The van der Waals surface area contributed by atoms with Gasteiger partial charge in [0.1, 0.15) is 24.2 Å². The molecule has 0 saturated heterocycles. The minimum atomic E-state index is -0.441. The summed E-state index contributed by atoms with van der Waals surface area (Å²) in [4.78, 5) is 1.96. The van der Waals surface area contributed by atoms with Gasteiger partial charge in [0.05, 0.1) is 16.8 Å². The first-order chi connectivity index (χ1) is 7.45. The Morgan fingerprint density at radius 2 is 2.19 bits per heavy atom. The number of nitrogens with zero attached hydrogens (tertiary/aromatic N) is 2. The number of ether oxygens (including phenoxy) is 1. The second kappa shape index (κ2) is 3.38. The third-order valence-electron chi connectivity index (χ3n) is 2.98. The highest BCUT2D eigenvalue weighted by Crippen LogP contribution is 2.39. The van der Waals surface area contributed by atoms with Gasteiger partial charge >= 0.3 is 0 Å². The van der Waals surface area contributed by atoms with Gasteiger partial charge < -0.3 is 9.64 Å². The van der Waals surface area contributed by atoms with Gasteiger partial charge in [0.15, 0.2) is 0 Å². The molecule has 0 fully saturated rings. The number of likely N-dealkylation sites (N-methyl/N-ethyl adjacent to an activating group) is 1. The van der Waals surface area contributed by atoms with Crippen LogP contribution in [-0.4, -0.2) is 19.2 Å². The van der Waals surface area contributed by atoms with Crippen LogP contribution in [0.2, 0.25) is 0 Å². The summed E-state index contributed by atoms with van der Waals surface area (Å²) in [6, 6.07) is 4.56. The Hall–Kier alpha value is -1.76. The molecule has 0 saturated carbocycles. The molecule has 4 heteroatoms. The van der Waals surface area contributed by atoms with Crippen LogP contribution in [0.1, 0.15) is 19.4 Å². The molecule has 0 N–H and O–H groups in total. The molecule has 0 atom stereocenters. The van der Waals surface area contributed by atoms with Gasteiger partial charge in [-0.2, -0.15) is 5.26 Å². The highest BCUT2D eigenvalue weighted by molar-refractivity contribution is 5.70. The molecule has 1 aliphatic rings. The lowest BCUT2D eigenvalue weighted by Gasteiger charge is -2.42. The van der Waals surface area contributed by atoms with Crippen molar-refractivity contribution in [3.05, 3.63) is 23.5 Å². The van der Waals surface area contributed by atoms with Crippen molar-refractivity contribution in [2.75, 3.05) is 18.6 Å². The van der Waals surface area contributed by atoms with Gasteiger partial charge in [0.25, 0.3) is 0 Å². The molecule has 0 aromatic heterocycles. The summed E-state index contributed by atoms with van der Waals surface area (Å²) in [7, 11) is 1.89. The number of hydrogen-bond donors (Lipinski definition) is 0. The normalized spacial score (nSPS) is 17.3. The zero-order chi connectivity index (χ0) is 11.9. The lowest BCUT2D eigenvalue weighted by Crippen LogP contribution is -2.49. The van der Waals surface area contributed by atoms with Gasteiger partial charge in [-0.25, -0.2) is 4.39 Å². The fourth-order valence-corrected chi connectivity index (χ4v) is 1.77. The maximum Gasteiger partial charge on any atom is 0.147 e. The summed E-state index contributed by atoms with van der Waals surface area (Å²) < 4.78 is 18.7. The Morgan fingerprint density at radius 1 is 1.50 bits per heavy atom. The van der Waals surface area contributed by atoms with Gasteiger partial charge in [0.2, 0.25) is 0 Å². The molecule has 1 aromatic rings. The van der Waals surface area contributed by atoms with Gasteiger partial charge in [-0.1, -0.05) is 0 Å². The molecule has 2 rings (SSSR count). The van der Waals surface area contributed by atoms with E-state index in [0.717, 1.165) is 0 Å². The lowest BCUT2D eigenvalue weighted by atomic mass is 9.99. The average molecular weight is 220 g/mol. The van der Waals surface area contributed by atoms with Gasteiger partial charge in [-0.3, -0.25) is 0 Å². The minimum Gasteiger partial charge on any atom is -0.489 e. The van der Waals surface area contributed by atoms with E-state index in [1.54, 1.807) is 0 Å². The van der Waals surface area contributed by atoms with E-state index in [2.05, 4.69) is 0 Å².